The zero-order valence-electron chi connectivity index (χ0n) is 16.2. The molecule has 158 valence electrons. The lowest BCUT2D eigenvalue weighted by Crippen LogP contribution is -2.68. The molecule has 0 aliphatic carbocycles. The summed E-state index contributed by atoms with van der Waals surface area (Å²) in [6.07, 6.45) is 0.716. The van der Waals surface area contributed by atoms with Crippen molar-refractivity contribution in [2.24, 2.45) is 0 Å². The van der Waals surface area contributed by atoms with E-state index in [0.29, 0.717) is 5.56 Å². The van der Waals surface area contributed by atoms with Crippen molar-refractivity contribution < 1.29 is 43.4 Å². The van der Waals surface area contributed by atoms with Crippen LogP contribution in [0.4, 0.5) is 4.79 Å². The van der Waals surface area contributed by atoms with Gasteiger partial charge in [-0.05, 0) is 24.8 Å². The minimum absolute atomic E-state index is 0.0483. The van der Waals surface area contributed by atoms with Gasteiger partial charge < -0.3 is 34.3 Å². The molecule has 0 radical (unpaired) electrons. The Morgan fingerprint density at radius 3 is 2.66 bits per heavy atom. The van der Waals surface area contributed by atoms with Crippen LogP contribution in [0.2, 0.25) is 0 Å². The highest BCUT2D eigenvalue weighted by molar-refractivity contribution is 7.99. The van der Waals surface area contributed by atoms with E-state index in [-0.39, 0.29) is 35.8 Å². The topological polar surface area (TPSA) is 141 Å². The highest BCUT2D eigenvalue weighted by Crippen LogP contribution is 2.39. The summed E-state index contributed by atoms with van der Waals surface area (Å²) in [5, 5.41) is 22.9. The number of fused-ring (bicyclic) bond motifs is 1. The van der Waals surface area contributed by atoms with Crippen LogP contribution in [0.3, 0.4) is 0 Å². The number of benzene rings is 1. The smallest absolute Gasteiger partial charge is 0.534 e. The van der Waals surface area contributed by atoms with Crippen molar-refractivity contribution in [3.05, 3.63) is 23.3 Å². The van der Waals surface area contributed by atoms with Crippen molar-refractivity contribution in [1.82, 2.24) is 5.32 Å². The van der Waals surface area contributed by atoms with Crippen LogP contribution in [-0.2, 0) is 20.7 Å². The molecule has 2 rings (SSSR count). The summed E-state index contributed by atoms with van der Waals surface area (Å²) in [6, 6.07) is 3.01. The molecule has 10 nitrogen and oxygen atoms in total. The molecule has 0 saturated heterocycles. The van der Waals surface area contributed by atoms with E-state index in [0.717, 1.165) is 0 Å². The quantitative estimate of drug-likeness (QED) is 0.402. The number of amides is 1. The summed E-state index contributed by atoms with van der Waals surface area (Å²) in [5.74, 6) is -1.63. The van der Waals surface area contributed by atoms with Crippen LogP contribution in [0.5, 0.6) is 11.5 Å². The first kappa shape index (κ1) is 22.7. The van der Waals surface area contributed by atoms with Crippen LogP contribution >= 0.6 is 11.8 Å². The SMILES string of the molecule is CCOC(=O)OC[C@]1(NC(=O)CSC)Cc2ccc(OC)c(C(=O)O)c2OB1O. The summed E-state index contributed by atoms with van der Waals surface area (Å²) in [4.78, 5) is 35.5. The minimum atomic E-state index is -1.69. The number of carboxylic acids is 1. The number of carbonyl (C=O) groups excluding carboxylic acids is 2. The Morgan fingerprint density at radius 2 is 2.07 bits per heavy atom. The Morgan fingerprint density at radius 1 is 1.34 bits per heavy atom. The first-order chi connectivity index (χ1) is 13.8. The van der Waals surface area contributed by atoms with Gasteiger partial charge in [-0.1, -0.05) is 6.07 Å². The van der Waals surface area contributed by atoms with Crippen molar-refractivity contribution >= 4 is 36.9 Å². The molecular weight excluding hydrogens is 405 g/mol. The number of aromatic carboxylic acids is 1. The third kappa shape index (κ3) is 5.07. The molecule has 0 aromatic heterocycles. The highest BCUT2D eigenvalue weighted by atomic mass is 32.2. The van der Waals surface area contributed by atoms with Crippen molar-refractivity contribution in [1.29, 1.82) is 0 Å². The molecule has 12 heteroatoms. The van der Waals surface area contributed by atoms with E-state index in [2.05, 4.69) is 5.32 Å². The number of nitrogens with one attached hydrogen (secondary N) is 1. The Labute approximate surface area is 172 Å². The van der Waals surface area contributed by atoms with Crippen molar-refractivity contribution in [3.63, 3.8) is 0 Å². The largest absolute Gasteiger partial charge is 0.554 e. The zero-order valence-corrected chi connectivity index (χ0v) is 17.0. The fourth-order valence-electron chi connectivity index (χ4n) is 2.96. The molecule has 1 aliphatic heterocycles. The first-order valence-electron chi connectivity index (χ1n) is 8.65. The van der Waals surface area contributed by atoms with Crippen LogP contribution in [0.15, 0.2) is 12.1 Å². The second kappa shape index (κ2) is 9.74. The Kier molecular flexibility index (Phi) is 7.62. The summed E-state index contributed by atoms with van der Waals surface area (Å²) in [5.41, 5.74) is -1.39. The maximum absolute atomic E-state index is 12.2. The van der Waals surface area contributed by atoms with E-state index in [1.165, 1.54) is 24.9 Å². The number of rotatable bonds is 8. The lowest BCUT2D eigenvalue weighted by molar-refractivity contribution is -0.120. The van der Waals surface area contributed by atoms with Crippen molar-refractivity contribution in [2.75, 3.05) is 32.3 Å². The number of carbonyl (C=O) groups is 3. The number of carboxylic acid groups (broad SMARTS) is 1. The van der Waals surface area contributed by atoms with E-state index in [4.69, 9.17) is 18.9 Å². The van der Waals surface area contributed by atoms with Crippen molar-refractivity contribution in [2.45, 2.75) is 18.8 Å². The summed E-state index contributed by atoms with van der Waals surface area (Å²) < 4.78 is 20.3. The molecule has 0 saturated carbocycles. The molecular formula is C17H22BNO9S. The van der Waals surface area contributed by atoms with Gasteiger partial charge in [-0.15, -0.1) is 0 Å². The second-order valence-corrected chi connectivity index (χ2v) is 7.06. The highest BCUT2D eigenvalue weighted by Gasteiger charge is 2.53. The van der Waals surface area contributed by atoms with Gasteiger partial charge in [0, 0.05) is 6.42 Å². The van der Waals surface area contributed by atoms with Gasteiger partial charge >= 0.3 is 19.2 Å². The molecule has 0 fully saturated rings. The van der Waals surface area contributed by atoms with Gasteiger partial charge in [-0.2, -0.15) is 11.8 Å². The Bertz CT molecular complexity index is 790. The Hall–Kier alpha value is -2.60. The molecule has 1 aromatic rings. The van der Waals surface area contributed by atoms with Gasteiger partial charge in [0.15, 0.2) is 0 Å². The van der Waals surface area contributed by atoms with E-state index in [1.807, 2.05) is 0 Å². The first-order valence-corrected chi connectivity index (χ1v) is 10.0. The minimum Gasteiger partial charge on any atom is -0.534 e. The fraction of sp³-hybridized carbons (Fsp3) is 0.471. The number of thioether (sulfide) groups is 1. The van der Waals surface area contributed by atoms with Gasteiger partial charge in [0.05, 0.1) is 19.5 Å². The maximum Gasteiger partial charge on any atom is 0.554 e. The van der Waals surface area contributed by atoms with Gasteiger partial charge in [-0.25, -0.2) is 9.59 Å². The van der Waals surface area contributed by atoms with Crippen LogP contribution in [0.25, 0.3) is 0 Å². The monoisotopic (exact) mass is 427 g/mol. The number of hydrogen-bond acceptors (Lipinski definition) is 9. The second-order valence-electron chi connectivity index (χ2n) is 6.19. The van der Waals surface area contributed by atoms with Crippen LogP contribution in [-0.4, -0.2) is 73.1 Å². The van der Waals surface area contributed by atoms with E-state index >= 15 is 0 Å². The average molecular weight is 427 g/mol. The molecule has 1 amide bonds. The summed E-state index contributed by atoms with van der Waals surface area (Å²) >= 11 is 1.27. The molecule has 0 bridgehead atoms. The summed E-state index contributed by atoms with van der Waals surface area (Å²) in [6.45, 7) is 1.25. The molecule has 0 unspecified atom stereocenters. The predicted octanol–water partition coefficient (Wildman–Crippen LogP) is 0.739. The molecule has 1 heterocycles. The van der Waals surface area contributed by atoms with Gasteiger partial charge in [0.25, 0.3) is 0 Å². The van der Waals surface area contributed by atoms with Crippen LogP contribution in [0, 0.1) is 0 Å². The van der Waals surface area contributed by atoms with Crippen molar-refractivity contribution in [3.8, 4) is 11.5 Å². The third-order valence-electron chi connectivity index (χ3n) is 4.22. The Balaban J connectivity index is 2.42. The molecule has 29 heavy (non-hydrogen) atoms. The van der Waals surface area contributed by atoms with Gasteiger partial charge in [-0.3, -0.25) is 4.79 Å². The maximum atomic E-state index is 12.2. The van der Waals surface area contributed by atoms with Gasteiger partial charge in [0.1, 0.15) is 29.1 Å². The summed E-state index contributed by atoms with van der Waals surface area (Å²) in [7, 11) is -0.381. The van der Waals surface area contributed by atoms with Crippen LogP contribution in [0.1, 0.15) is 22.8 Å². The lowest BCUT2D eigenvalue weighted by atomic mass is 9.59. The number of methoxy groups -OCH3 is 1. The molecule has 1 atom stereocenters. The fourth-order valence-corrected chi connectivity index (χ4v) is 3.30. The standard InChI is InChI=1S/C17H22BNO9S/c1-4-26-16(23)27-9-17(19-12(20)8-29-3)7-10-5-6-11(25-2)13(15(21)22)14(10)28-18(17)24/h5-6,24H,4,7-9H2,1-3H3,(H,19,20)(H,21,22)/t17-/m1/s1. The third-order valence-corrected chi connectivity index (χ3v) is 4.77. The average Bonchev–Trinajstić information content (AvgIpc) is 2.66. The molecule has 1 aliphatic rings. The predicted molar refractivity (Wildman–Crippen MR) is 104 cm³/mol. The van der Waals surface area contributed by atoms with E-state index < -0.39 is 37.2 Å². The number of ether oxygens (including phenoxy) is 3. The lowest BCUT2D eigenvalue weighted by Gasteiger charge is -2.39. The molecule has 0 spiro atoms. The molecule has 3 N–H and O–H groups in total. The van der Waals surface area contributed by atoms with E-state index in [9.17, 15) is 24.5 Å². The van der Waals surface area contributed by atoms with Crippen LogP contribution < -0.4 is 14.7 Å². The molecule has 1 aromatic carbocycles. The van der Waals surface area contributed by atoms with E-state index in [1.54, 1.807) is 19.2 Å². The van der Waals surface area contributed by atoms with Gasteiger partial charge in [0.2, 0.25) is 5.91 Å². The number of hydrogen-bond donors (Lipinski definition) is 3. The zero-order chi connectivity index (χ0) is 21.6. The normalized spacial score (nSPS) is 17.6.